The standard InChI is InChI=1S/C23H38N2/c1-3-5-6-7-8-9-10-11-15-18-23-24(4-2)19-20-25(23)21-22-16-13-12-14-17-22/h12-14,16-17,19-20,23H,3-11,15,18,21H2,1-2H3. The summed E-state index contributed by atoms with van der Waals surface area (Å²) in [5.41, 5.74) is 1.40. The van der Waals surface area contributed by atoms with E-state index in [2.05, 4.69) is 66.4 Å². The summed E-state index contributed by atoms with van der Waals surface area (Å²) in [6.07, 6.45) is 19.1. The van der Waals surface area contributed by atoms with Gasteiger partial charge in [0.2, 0.25) is 0 Å². The number of hydrogen-bond acceptors (Lipinski definition) is 2. The van der Waals surface area contributed by atoms with Crippen LogP contribution in [0.2, 0.25) is 0 Å². The van der Waals surface area contributed by atoms with Crippen molar-refractivity contribution in [3.05, 3.63) is 48.3 Å². The van der Waals surface area contributed by atoms with Crippen LogP contribution in [0.5, 0.6) is 0 Å². The van der Waals surface area contributed by atoms with Gasteiger partial charge in [-0.25, -0.2) is 0 Å². The van der Waals surface area contributed by atoms with Crippen LogP contribution in [0.25, 0.3) is 0 Å². The lowest BCUT2D eigenvalue weighted by Gasteiger charge is -2.32. The van der Waals surface area contributed by atoms with Crippen molar-refractivity contribution < 1.29 is 0 Å². The fourth-order valence-electron chi connectivity index (χ4n) is 3.80. The minimum Gasteiger partial charge on any atom is -0.356 e. The number of rotatable bonds is 13. The molecule has 2 heteroatoms. The normalized spacial score (nSPS) is 16.8. The number of benzene rings is 1. The first-order valence-electron chi connectivity index (χ1n) is 10.6. The van der Waals surface area contributed by atoms with Gasteiger partial charge in [0, 0.05) is 25.5 Å². The molecule has 0 amide bonds. The van der Waals surface area contributed by atoms with E-state index in [1.807, 2.05) is 0 Å². The Bertz CT molecular complexity index is 468. The van der Waals surface area contributed by atoms with Crippen molar-refractivity contribution >= 4 is 0 Å². The second kappa shape index (κ2) is 12.0. The molecule has 1 aliphatic heterocycles. The molecule has 1 unspecified atom stereocenters. The molecular weight excluding hydrogens is 304 g/mol. The molecule has 0 spiro atoms. The first kappa shape index (κ1) is 19.9. The Hall–Kier alpha value is -1.44. The Morgan fingerprint density at radius 3 is 1.96 bits per heavy atom. The van der Waals surface area contributed by atoms with Gasteiger partial charge in [0.1, 0.15) is 6.17 Å². The lowest BCUT2D eigenvalue weighted by atomic mass is 10.1. The highest BCUT2D eigenvalue weighted by molar-refractivity contribution is 5.15. The summed E-state index contributed by atoms with van der Waals surface area (Å²) in [5, 5.41) is 0. The van der Waals surface area contributed by atoms with Gasteiger partial charge >= 0.3 is 0 Å². The van der Waals surface area contributed by atoms with Gasteiger partial charge < -0.3 is 9.80 Å². The Morgan fingerprint density at radius 1 is 0.720 bits per heavy atom. The Labute approximate surface area is 155 Å². The third-order valence-corrected chi connectivity index (χ3v) is 5.35. The largest absolute Gasteiger partial charge is 0.356 e. The van der Waals surface area contributed by atoms with Crippen LogP contribution in [-0.4, -0.2) is 22.5 Å². The summed E-state index contributed by atoms with van der Waals surface area (Å²) >= 11 is 0. The molecule has 2 nitrogen and oxygen atoms in total. The quantitative estimate of drug-likeness (QED) is 0.375. The summed E-state index contributed by atoms with van der Waals surface area (Å²) in [7, 11) is 0. The van der Waals surface area contributed by atoms with Crippen molar-refractivity contribution in [2.75, 3.05) is 6.54 Å². The van der Waals surface area contributed by atoms with E-state index in [0.717, 1.165) is 13.1 Å². The van der Waals surface area contributed by atoms with Gasteiger partial charge in [-0.3, -0.25) is 0 Å². The van der Waals surface area contributed by atoms with E-state index in [1.54, 1.807) is 0 Å². The van der Waals surface area contributed by atoms with E-state index < -0.39 is 0 Å². The topological polar surface area (TPSA) is 6.48 Å². The van der Waals surface area contributed by atoms with Crippen LogP contribution in [0, 0.1) is 0 Å². The van der Waals surface area contributed by atoms with Gasteiger partial charge in [0.25, 0.3) is 0 Å². The Kier molecular flexibility index (Phi) is 9.54. The maximum Gasteiger partial charge on any atom is 0.101 e. The lowest BCUT2D eigenvalue weighted by Crippen LogP contribution is -2.38. The van der Waals surface area contributed by atoms with Gasteiger partial charge in [-0.2, -0.15) is 0 Å². The first-order valence-corrected chi connectivity index (χ1v) is 10.6. The molecule has 0 aromatic heterocycles. The maximum atomic E-state index is 2.52. The van der Waals surface area contributed by atoms with E-state index in [4.69, 9.17) is 0 Å². The summed E-state index contributed by atoms with van der Waals surface area (Å²) in [4.78, 5) is 5.01. The predicted octanol–water partition coefficient (Wildman–Crippen LogP) is 6.54. The third kappa shape index (κ3) is 7.13. The molecule has 25 heavy (non-hydrogen) atoms. The summed E-state index contributed by atoms with van der Waals surface area (Å²) < 4.78 is 0. The molecule has 0 saturated carbocycles. The van der Waals surface area contributed by atoms with Crippen LogP contribution < -0.4 is 0 Å². The monoisotopic (exact) mass is 342 g/mol. The average molecular weight is 343 g/mol. The van der Waals surface area contributed by atoms with Gasteiger partial charge in [0.15, 0.2) is 0 Å². The zero-order valence-corrected chi connectivity index (χ0v) is 16.5. The lowest BCUT2D eigenvalue weighted by molar-refractivity contribution is 0.139. The minimum absolute atomic E-state index is 0.551. The van der Waals surface area contributed by atoms with Gasteiger partial charge in [-0.1, -0.05) is 88.6 Å². The fourth-order valence-corrected chi connectivity index (χ4v) is 3.80. The van der Waals surface area contributed by atoms with Crippen molar-refractivity contribution in [1.82, 2.24) is 9.80 Å². The van der Waals surface area contributed by atoms with Crippen molar-refractivity contribution in [2.45, 2.75) is 90.8 Å². The zero-order valence-electron chi connectivity index (χ0n) is 16.5. The molecule has 0 bridgehead atoms. The molecule has 0 fully saturated rings. The van der Waals surface area contributed by atoms with E-state index in [0.29, 0.717) is 6.17 Å². The number of hydrogen-bond donors (Lipinski definition) is 0. The van der Waals surface area contributed by atoms with Crippen LogP contribution in [-0.2, 0) is 6.54 Å². The van der Waals surface area contributed by atoms with E-state index in [-0.39, 0.29) is 0 Å². The predicted molar refractivity (Wildman–Crippen MR) is 109 cm³/mol. The third-order valence-electron chi connectivity index (χ3n) is 5.35. The van der Waals surface area contributed by atoms with Crippen molar-refractivity contribution in [1.29, 1.82) is 0 Å². The summed E-state index contributed by atoms with van der Waals surface area (Å²) in [6, 6.07) is 10.8. The van der Waals surface area contributed by atoms with Crippen LogP contribution >= 0.6 is 0 Å². The van der Waals surface area contributed by atoms with Crippen LogP contribution in [0.3, 0.4) is 0 Å². The van der Waals surface area contributed by atoms with E-state index in [1.165, 1.54) is 69.8 Å². The molecule has 0 radical (unpaired) electrons. The van der Waals surface area contributed by atoms with Gasteiger partial charge in [0.05, 0.1) is 0 Å². The van der Waals surface area contributed by atoms with Crippen molar-refractivity contribution in [3.8, 4) is 0 Å². The van der Waals surface area contributed by atoms with Crippen LogP contribution in [0.1, 0.15) is 83.6 Å². The molecule has 2 rings (SSSR count). The van der Waals surface area contributed by atoms with Crippen LogP contribution in [0.15, 0.2) is 42.7 Å². The number of unbranched alkanes of at least 4 members (excludes halogenated alkanes) is 8. The molecule has 1 heterocycles. The molecular formula is C23H38N2. The molecule has 0 aliphatic carbocycles. The average Bonchev–Trinajstić information content (AvgIpc) is 3.03. The number of nitrogens with zero attached hydrogens (tertiary/aromatic N) is 2. The molecule has 140 valence electrons. The molecule has 0 N–H and O–H groups in total. The Balaban J connectivity index is 1.65. The zero-order chi connectivity index (χ0) is 17.7. The smallest absolute Gasteiger partial charge is 0.101 e. The fraction of sp³-hybridized carbons (Fsp3) is 0.652. The highest BCUT2D eigenvalue weighted by Crippen LogP contribution is 2.23. The molecule has 1 atom stereocenters. The van der Waals surface area contributed by atoms with E-state index >= 15 is 0 Å². The molecule has 1 aliphatic rings. The summed E-state index contributed by atoms with van der Waals surface area (Å²) in [5.74, 6) is 0. The second-order valence-electron chi connectivity index (χ2n) is 7.38. The van der Waals surface area contributed by atoms with Gasteiger partial charge in [-0.05, 0) is 25.3 Å². The highest BCUT2D eigenvalue weighted by atomic mass is 15.4. The van der Waals surface area contributed by atoms with Crippen molar-refractivity contribution in [3.63, 3.8) is 0 Å². The van der Waals surface area contributed by atoms with Crippen molar-refractivity contribution in [2.24, 2.45) is 0 Å². The van der Waals surface area contributed by atoms with E-state index in [9.17, 15) is 0 Å². The minimum atomic E-state index is 0.551. The van der Waals surface area contributed by atoms with Crippen LogP contribution in [0.4, 0.5) is 0 Å². The summed E-state index contributed by atoms with van der Waals surface area (Å²) in [6.45, 7) is 6.68. The van der Waals surface area contributed by atoms with Gasteiger partial charge in [-0.15, -0.1) is 0 Å². The maximum absolute atomic E-state index is 2.52. The molecule has 0 saturated heterocycles. The second-order valence-corrected chi connectivity index (χ2v) is 7.38. The SMILES string of the molecule is CCCCCCCCCCCC1N(CC)C=CN1Cc1ccccc1. The molecule has 1 aromatic rings. The Morgan fingerprint density at radius 2 is 1.32 bits per heavy atom. The first-order chi connectivity index (χ1) is 12.3. The molecule has 1 aromatic carbocycles. The highest BCUT2D eigenvalue weighted by Gasteiger charge is 2.24.